The summed E-state index contributed by atoms with van der Waals surface area (Å²) in [4.78, 5) is 26.0. The third kappa shape index (κ3) is 3.15. The number of amides is 1. The first-order valence-electron chi connectivity index (χ1n) is 8.25. The first-order chi connectivity index (χ1) is 12.2. The fourth-order valence-electron chi connectivity index (χ4n) is 3.09. The molecule has 0 spiro atoms. The SMILES string of the molecule is O=C(OCc1csc2ccccc12)c1cccc(N2CCCC2=O)c1. The molecule has 0 N–H and O–H groups in total. The Bertz CT molecular complexity index is 947. The lowest BCUT2D eigenvalue weighted by atomic mass is 10.2. The molecule has 0 bridgehead atoms. The predicted octanol–water partition coefficient (Wildman–Crippen LogP) is 4.39. The number of hydrogen-bond donors (Lipinski definition) is 0. The molecule has 0 atom stereocenters. The number of ether oxygens (including phenoxy) is 1. The zero-order valence-corrected chi connectivity index (χ0v) is 14.4. The highest BCUT2D eigenvalue weighted by molar-refractivity contribution is 7.17. The van der Waals surface area contributed by atoms with Gasteiger partial charge in [0.2, 0.25) is 5.91 Å². The normalized spacial score (nSPS) is 14.2. The molecule has 1 saturated heterocycles. The van der Waals surface area contributed by atoms with Crippen LogP contribution in [0.15, 0.2) is 53.9 Å². The van der Waals surface area contributed by atoms with Crippen LogP contribution in [0, 0.1) is 0 Å². The summed E-state index contributed by atoms with van der Waals surface area (Å²) in [6, 6.07) is 15.2. The third-order valence-corrected chi connectivity index (χ3v) is 5.40. The molecule has 25 heavy (non-hydrogen) atoms. The lowest BCUT2D eigenvalue weighted by Crippen LogP contribution is -2.23. The topological polar surface area (TPSA) is 46.6 Å². The van der Waals surface area contributed by atoms with Gasteiger partial charge in [-0.2, -0.15) is 0 Å². The van der Waals surface area contributed by atoms with E-state index in [0.717, 1.165) is 23.1 Å². The fraction of sp³-hybridized carbons (Fsp3) is 0.200. The molecule has 5 heteroatoms. The van der Waals surface area contributed by atoms with Gasteiger partial charge in [0.1, 0.15) is 6.61 Å². The van der Waals surface area contributed by atoms with Crippen molar-refractivity contribution in [2.45, 2.75) is 19.4 Å². The van der Waals surface area contributed by atoms with E-state index in [4.69, 9.17) is 4.74 Å². The van der Waals surface area contributed by atoms with Gasteiger partial charge >= 0.3 is 5.97 Å². The largest absolute Gasteiger partial charge is 0.457 e. The molecule has 2 aromatic carbocycles. The van der Waals surface area contributed by atoms with E-state index in [-0.39, 0.29) is 18.5 Å². The fourth-order valence-corrected chi connectivity index (χ4v) is 4.04. The van der Waals surface area contributed by atoms with Gasteiger partial charge < -0.3 is 9.64 Å². The predicted molar refractivity (Wildman–Crippen MR) is 99.0 cm³/mol. The summed E-state index contributed by atoms with van der Waals surface area (Å²) in [5.41, 5.74) is 2.24. The standard InChI is InChI=1S/C20H17NO3S/c22-19-9-4-10-21(19)16-6-3-5-14(11-16)20(23)24-12-15-13-25-18-8-2-1-7-17(15)18/h1-3,5-8,11,13H,4,9-10,12H2. The molecule has 0 radical (unpaired) electrons. The molecule has 1 aliphatic rings. The van der Waals surface area contributed by atoms with E-state index in [1.165, 1.54) is 4.70 Å². The average molecular weight is 351 g/mol. The van der Waals surface area contributed by atoms with Gasteiger partial charge in [-0.3, -0.25) is 4.79 Å². The number of benzene rings is 2. The monoisotopic (exact) mass is 351 g/mol. The van der Waals surface area contributed by atoms with Crippen LogP contribution >= 0.6 is 11.3 Å². The van der Waals surface area contributed by atoms with Crippen molar-refractivity contribution in [2.75, 3.05) is 11.4 Å². The molecule has 2 heterocycles. The van der Waals surface area contributed by atoms with Crippen LogP contribution in [0.2, 0.25) is 0 Å². The van der Waals surface area contributed by atoms with E-state index < -0.39 is 0 Å². The molecule has 0 unspecified atom stereocenters. The molecule has 0 aliphatic carbocycles. The minimum absolute atomic E-state index is 0.107. The molecule has 1 fully saturated rings. The number of fused-ring (bicyclic) bond motifs is 1. The Hall–Kier alpha value is -2.66. The maximum absolute atomic E-state index is 12.4. The van der Waals surface area contributed by atoms with E-state index in [9.17, 15) is 9.59 Å². The van der Waals surface area contributed by atoms with E-state index in [0.29, 0.717) is 18.5 Å². The molecular formula is C20H17NO3S. The Morgan fingerprint density at radius 2 is 2.04 bits per heavy atom. The summed E-state index contributed by atoms with van der Waals surface area (Å²) in [5.74, 6) is -0.265. The van der Waals surface area contributed by atoms with E-state index in [2.05, 4.69) is 6.07 Å². The van der Waals surface area contributed by atoms with Gasteiger partial charge in [-0.1, -0.05) is 24.3 Å². The van der Waals surface area contributed by atoms with Crippen molar-refractivity contribution in [2.24, 2.45) is 0 Å². The average Bonchev–Trinajstić information content (AvgIpc) is 3.26. The number of anilines is 1. The maximum Gasteiger partial charge on any atom is 0.338 e. The van der Waals surface area contributed by atoms with Gasteiger partial charge in [0.05, 0.1) is 5.56 Å². The molecule has 1 amide bonds. The van der Waals surface area contributed by atoms with Crippen molar-refractivity contribution in [1.29, 1.82) is 0 Å². The van der Waals surface area contributed by atoms with Gasteiger partial charge in [0.25, 0.3) is 0 Å². The van der Waals surface area contributed by atoms with Gasteiger partial charge in [-0.15, -0.1) is 11.3 Å². The molecule has 4 rings (SSSR count). The summed E-state index contributed by atoms with van der Waals surface area (Å²) >= 11 is 1.65. The van der Waals surface area contributed by atoms with Gasteiger partial charge in [-0.05, 0) is 41.5 Å². The van der Waals surface area contributed by atoms with Crippen LogP contribution in [0.5, 0.6) is 0 Å². The van der Waals surface area contributed by atoms with Gasteiger partial charge in [0.15, 0.2) is 0 Å². The second-order valence-corrected chi connectivity index (χ2v) is 6.94. The number of hydrogen-bond acceptors (Lipinski definition) is 4. The molecule has 0 saturated carbocycles. The molecular weight excluding hydrogens is 334 g/mol. The van der Waals surface area contributed by atoms with Crippen molar-refractivity contribution in [3.8, 4) is 0 Å². The number of nitrogens with zero attached hydrogens (tertiary/aromatic N) is 1. The lowest BCUT2D eigenvalue weighted by Gasteiger charge is -2.16. The number of rotatable bonds is 4. The highest BCUT2D eigenvalue weighted by Gasteiger charge is 2.22. The summed E-state index contributed by atoms with van der Waals surface area (Å²) in [6.07, 6.45) is 1.43. The number of carbonyl (C=O) groups excluding carboxylic acids is 2. The van der Waals surface area contributed by atoms with Gasteiger partial charge in [-0.25, -0.2) is 4.79 Å². The summed E-state index contributed by atoms with van der Waals surface area (Å²) in [7, 11) is 0. The van der Waals surface area contributed by atoms with E-state index >= 15 is 0 Å². The van der Waals surface area contributed by atoms with Crippen molar-refractivity contribution < 1.29 is 14.3 Å². The van der Waals surface area contributed by atoms with Crippen LogP contribution in [0.25, 0.3) is 10.1 Å². The smallest absolute Gasteiger partial charge is 0.338 e. The van der Waals surface area contributed by atoms with Crippen molar-refractivity contribution in [3.63, 3.8) is 0 Å². The Morgan fingerprint density at radius 1 is 1.16 bits per heavy atom. The van der Waals surface area contributed by atoms with Crippen LogP contribution in [0.1, 0.15) is 28.8 Å². The minimum Gasteiger partial charge on any atom is -0.457 e. The zero-order valence-electron chi connectivity index (χ0n) is 13.6. The number of thiophene rings is 1. The zero-order chi connectivity index (χ0) is 17.2. The number of carbonyl (C=O) groups is 2. The Balaban J connectivity index is 1.49. The van der Waals surface area contributed by atoms with Crippen molar-refractivity contribution >= 4 is 39.0 Å². The quantitative estimate of drug-likeness (QED) is 0.655. The highest BCUT2D eigenvalue weighted by Crippen LogP contribution is 2.27. The molecule has 1 aliphatic heterocycles. The molecule has 4 nitrogen and oxygen atoms in total. The molecule has 3 aromatic rings. The van der Waals surface area contributed by atoms with Crippen LogP contribution in [0.4, 0.5) is 5.69 Å². The van der Waals surface area contributed by atoms with Crippen molar-refractivity contribution in [1.82, 2.24) is 0 Å². The van der Waals surface area contributed by atoms with E-state index in [1.807, 2.05) is 29.6 Å². The third-order valence-electron chi connectivity index (χ3n) is 4.39. The van der Waals surface area contributed by atoms with Crippen LogP contribution < -0.4 is 4.90 Å². The summed E-state index contributed by atoms with van der Waals surface area (Å²) < 4.78 is 6.67. The second-order valence-electron chi connectivity index (χ2n) is 6.03. The van der Waals surface area contributed by atoms with Crippen LogP contribution in [0.3, 0.4) is 0 Å². The molecule has 126 valence electrons. The lowest BCUT2D eigenvalue weighted by molar-refractivity contribution is -0.117. The van der Waals surface area contributed by atoms with Crippen LogP contribution in [-0.2, 0) is 16.1 Å². The van der Waals surface area contributed by atoms with Crippen molar-refractivity contribution in [3.05, 3.63) is 65.0 Å². The summed E-state index contributed by atoms with van der Waals surface area (Å²) in [5, 5.41) is 3.15. The summed E-state index contributed by atoms with van der Waals surface area (Å²) in [6.45, 7) is 0.952. The molecule has 1 aromatic heterocycles. The first kappa shape index (κ1) is 15.8. The van der Waals surface area contributed by atoms with Gasteiger partial charge in [0, 0.05) is 28.9 Å². The Kier molecular flexibility index (Phi) is 4.24. The minimum atomic E-state index is -0.372. The first-order valence-corrected chi connectivity index (χ1v) is 9.13. The number of esters is 1. The Morgan fingerprint density at radius 3 is 2.88 bits per heavy atom. The highest BCUT2D eigenvalue weighted by atomic mass is 32.1. The maximum atomic E-state index is 12.4. The second kappa shape index (κ2) is 6.69. The Labute approximate surface area is 149 Å². The van der Waals surface area contributed by atoms with E-state index in [1.54, 1.807) is 34.4 Å². The van der Waals surface area contributed by atoms with Crippen LogP contribution in [-0.4, -0.2) is 18.4 Å².